The molecule has 5 fully saturated rings. The summed E-state index contributed by atoms with van der Waals surface area (Å²) >= 11 is 1.55. The maximum Gasteiger partial charge on any atom is 0.315 e. The third-order valence-corrected chi connectivity index (χ3v) is 13.2. The predicted octanol–water partition coefficient (Wildman–Crippen LogP) is 9.85. The van der Waals surface area contributed by atoms with Crippen LogP contribution in [0, 0.1) is 23.7 Å². The Morgan fingerprint density at radius 3 is 2.02 bits per heavy atom. The largest absolute Gasteiger partial charge is 0.431 e. The molecule has 9 heteroatoms. The summed E-state index contributed by atoms with van der Waals surface area (Å²) in [5.74, 6) is 3.71. The van der Waals surface area contributed by atoms with Crippen LogP contribution in [0.5, 0.6) is 0 Å². The summed E-state index contributed by atoms with van der Waals surface area (Å²) in [5.41, 5.74) is 6.60. The van der Waals surface area contributed by atoms with Crippen molar-refractivity contribution in [1.29, 1.82) is 0 Å². The third-order valence-electron chi connectivity index (χ3n) is 12.3. The van der Waals surface area contributed by atoms with Crippen molar-refractivity contribution in [3.05, 3.63) is 131 Å². The molecule has 55 heavy (non-hydrogen) atoms. The average molecular weight is 756 g/mol. The SMILES string of the molecule is C[C@H]1[C@@H](CSc2nc(-c3ccccc3)c(-c3ccccc3)o2)O[C@@H](c2ccc(CNC(=O)NC34CC5CC(CC(C5)C3)C4)cc2)O[C@H]1c1ccc(CO)cc1. The number of aromatic nitrogens is 1. The Labute approximate surface area is 327 Å². The van der Waals surface area contributed by atoms with Crippen molar-refractivity contribution < 1.29 is 23.8 Å². The fourth-order valence-corrected chi connectivity index (χ4v) is 10.9. The van der Waals surface area contributed by atoms with E-state index in [2.05, 4.69) is 29.7 Å². The maximum absolute atomic E-state index is 13.1. The molecule has 4 aliphatic carbocycles. The second-order valence-electron chi connectivity index (χ2n) is 16.3. The fourth-order valence-electron chi connectivity index (χ4n) is 9.93. The van der Waals surface area contributed by atoms with E-state index < -0.39 is 6.29 Å². The van der Waals surface area contributed by atoms with Gasteiger partial charge in [0.05, 0.1) is 18.8 Å². The summed E-state index contributed by atoms with van der Waals surface area (Å²) in [6.07, 6.45) is 6.43. The van der Waals surface area contributed by atoms with Gasteiger partial charge in [-0.05, 0) is 73.0 Å². The van der Waals surface area contributed by atoms with E-state index in [1.807, 2.05) is 97.1 Å². The number of nitrogens with one attached hydrogen (secondary N) is 2. The number of amides is 2. The Morgan fingerprint density at radius 1 is 0.782 bits per heavy atom. The van der Waals surface area contributed by atoms with E-state index in [1.54, 1.807) is 11.8 Å². The zero-order chi connectivity index (χ0) is 37.4. The molecule has 2 heterocycles. The molecule has 4 saturated carbocycles. The number of hydrogen-bond donors (Lipinski definition) is 3. The first-order chi connectivity index (χ1) is 26.9. The lowest BCUT2D eigenvalue weighted by Gasteiger charge is -2.56. The number of benzene rings is 4. The molecule has 3 N–H and O–H groups in total. The summed E-state index contributed by atoms with van der Waals surface area (Å²) in [7, 11) is 0. The van der Waals surface area contributed by atoms with Gasteiger partial charge >= 0.3 is 6.03 Å². The van der Waals surface area contributed by atoms with Gasteiger partial charge in [0.15, 0.2) is 12.1 Å². The van der Waals surface area contributed by atoms with Crippen molar-refractivity contribution in [2.75, 3.05) is 5.75 Å². The minimum absolute atomic E-state index is 0.0103. The number of aliphatic hydroxyl groups is 1. The van der Waals surface area contributed by atoms with E-state index in [9.17, 15) is 9.90 Å². The van der Waals surface area contributed by atoms with Gasteiger partial charge in [-0.15, -0.1) is 0 Å². The van der Waals surface area contributed by atoms with Gasteiger partial charge < -0.3 is 29.6 Å². The Morgan fingerprint density at radius 2 is 1.38 bits per heavy atom. The highest BCUT2D eigenvalue weighted by atomic mass is 32.2. The summed E-state index contributed by atoms with van der Waals surface area (Å²) in [4.78, 5) is 18.1. The molecule has 5 aromatic rings. The standard InChI is InChI=1S/C46H49N3O5S/c1-29-39(28-55-45-48-40(35-8-4-2-5-9-35)42(54-45)36-10-6-3-7-11-36)52-43(53-41(29)37-16-14-31(27-50)15-17-37)38-18-12-30(13-19-38)26-47-44(51)49-46-23-32-20-33(24-46)22-34(21-32)25-46/h2-19,29,32-34,39,41,43,50H,20-28H2,1H3,(H2,47,49,51)/t29-,32?,33?,34?,39+,41+,43+,46?/m0/s1. The first-order valence-corrected chi connectivity index (χ1v) is 20.8. The molecule has 1 saturated heterocycles. The molecular weight excluding hydrogens is 707 g/mol. The van der Waals surface area contributed by atoms with Gasteiger partial charge in [0.25, 0.3) is 5.22 Å². The van der Waals surface area contributed by atoms with Crippen molar-refractivity contribution in [3.8, 4) is 22.6 Å². The van der Waals surface area contributed by atoms with Gasteiger partial charge in [-0.3, -0.25) is 0 Å². The molecule has 4 aromatic carbocycles. The molecule has 1 aliphatic heterocycles. The molecule has 4 bridgehead atoms. The molecule has 10 rings (SSSR count). The monoisotopic (exact) mass is 755 g/mol. The van der Waals surface area contributed by atoms with Crippen LogP contribution in [0.4, 0.5) is 4.79 Å². The number of nitrogens with zero attached hydrogens (tertiary/aromatic N) is 1. The van der Waals surface area contributed by atoms with Crippen LogP contribution in [0.2, 0.25) is 0 Å². The van der Waals surface area contributed by atoms with Gasteiger partial charge in [-0.25, -0.2) is 9.78 Å². The smallest absolute Gasteiger partial charge is 0.315 e. The Bertz CT molecular complexity index is 1980. The number of oxazole rings is 1. The van der Waals surface area contributed by atoms with Gasteiger partial charge in [-0.2, -0.15) is 0 Å². The number of rotatable bonds is 11. The van der Waals surface area contributed by atoms with E-state index in [0.29, 0.717) is 17.5 Å². The Hall–Kier alpha value is -4.41. The normalized spacial score (nSPS) is 28.2. The molecule has 0 spiro atoms. The van der Waals surface area contributed by atoms with Gasteiger partial charge in [0.1, 0.15) is 5.69 Å². The lowest BCUT2D eigenvalue weighted by atomic mass is 9.53. The fraction of sp³-hybridized carbons (Fsp3) is 0.391. The molecule has 0 radical (unpaired) electrons. The van der Waals surface area contributed by atoms with Gasteiger partial charge in [0, 0.05) is 40.4 Å². The molecule has 4 atom stereocenters. The van der Waals surface area contributed by atoms with Crippen LogP contribution in [0.3, 0.4) is 0 Å². The summed E-state index contributed by atoms with van der Waals surface area (Å²) in [6.45, 7) is 2.60. The van der Waals surface area contributed by atoms with Crippen molar-refractivity contribution in [3.63, 3.8) is 0 Å². The predicted molar refractivity (Wildman–Crippen MR) is 214 cm³/mol. The maximum atomic E-state index is 13.1. The molecule has 284 valence electrons. The van der Waals surface area contributed by atoms with Crippen molar-refractivity contribution >= 4 is 17.8 Å². The lowest BCUT2D eigenvalue weighted by molar-refractivity contribution is -0.268. The molecule has 1 aromatic heterocycles. The minimum atomic E-state index is -0.602. The van der Waals surface area contributed by atoms with E-state index in [1.165, 1.54) is 19.3 Å². The average Bonchev–Trinajstić information content (AvgIpc) is 3.64. The molecule has 2 amide bonds. The number of aliphatic hydroxyl groups excluding tert-OH is 1. The highest BCUT2D eigenvalue weighted by Crippen LogP contribution is 2.55. The number of carbonyl (C=O) groups is 1. The number of ether oxygens (including phenoxy) is 2. The van der Waals surface area contributed by atoms with Crippen LogP contribution in [0.15, 0.2) is 119 Å². The zero-order valence-electron chi connectivity index (χ0n) is 31.2. The second-order valence-corrected chi connectivity index (χ2v) is 17.2. The van der Waals surface area contributed by atoms with E-state index in [-0.39, 0.29) is 36.3 Å². The first kappa shape index (κ1) is 36.2. The van der Waals surface area contributed by atoms with Gasteiger partial charge in [-0.1, -0.05) is 128 Å². The number of thioether (sulfide) groups is 1. The van der Waals surface area contributed by atoms with Gasteiger partial charge in [0.2, 0.25) is 0 Å². The summed E-state index contributed by atoms with van der Waals surface area (Å²) < 4.78 is 19.9. The van der Waals surface area contributed by atoms with Crippen LogP contribution >= 0.6 is 11.8 Å². The third kappa shape index (κ3) is 7.85. The summed E-state index contributed by atoms with van der Waals surface area (Å²) in [6, 6.07) is 36.3. The van der Waals surface area contributed by atoms with Crippen molar-refractivity contribution in [2.24, 2.45) is 23.7 Å². The van der Waals surface area contributed by atoms with Crippen LogP contribution in [0.25, 0.3) is 22.6 Å². The van der Waals surface area contributed by atoms with Crippen LogP contribution in [0.1, 0.15) is 80.1 Å². The molecule has 5 aliphatic rings. The number of carbonyl (C=O) groups excluding carboxylic acids is 1. The van der Waals surface area contributed by atoms with E-state index in [0.717, 1.165) is 81.9 Å². The van der Waals surface area contributed by atoms with E-state index >= 15 is 0 Å². The highest BCUT2D eigenvalue weighted by molar-refractivity contribution is 7.99. The second kappa shape index (κ2) is 15.6. The van der Waals surface area contributed by atoms with Crippen molar-refractivity contribution in [1.82, 2.24) is 15.6 Å². The molecule has 8 nitrogen and oxygen atoms in total. The zero-order valence-corrected chi connectivity index (χ0v) is 32.0. The van der Waals surface area contributed by atoms with Crippen LogP contribution in [-0.2, 0) is 22.6 Å². The lowest BCUT2D eigenvalue weighted by Crippen LogP contribution is -2.61. The first-order valence-electron chi connectivity index (χ1n) is 19.8. The number of hydrogen-bond acceptors (Lipinski definition) is 7. The van der Waals surface area contributed by atoms with Crippen LogP contribution in [-0.4, -0.2) is 33.5 Å². The van der Waals surface area contributed by atoms with E-state index in [4.69, 9.17) is 18.9 Å². The Kier molecular flexibility index (Phi) is 10.3. The topological polar surface area (TPSA) is 106 Å². The molecular formula is C46H49N3O5S. The van der Waals surface area contributed by atoms with Crippen LogP contribution < -0.4 is 10.6 Å². The number of urea groups is 1. The highest BCUT2D eigenvalue weighted by Gasteiger charge is 2.51. The molecule has 0 unspecified atom stereocenters. The quantitative estimate of drug-likeness (QED) is 0.115. The minimum Gasteiger partial charge on any atom is -0.431 e. The Balaban J connectivity index is 0.899. The summed E-state index contributed by atoms with van der Waals surface area (Å²) in [5, 5.41) is 16.8. The van der Waals surface area contributed by atoms with Crippen molar-refractivity contribution in [2.45, 2.75) is 87.9 Å².